The minimum atomic E-state index is -0.840. The molecule has 2 aliphatic carbocycles. The lowest BCUT2D eigenvalue weighted by Crippen LogP contribution is -2.55. The summed E-state index contributed by atoms with van der Waals surface area (Å²) in [4.78, 5) is 28.4. The number of hydrogen-bond donors (Lipinski definition) is 0. The van der Waals surface area contributed by atoms with Gasteiger partial charge in [0.25, 0.3) is 0 Å². The van der Waals surface area contributed by atoms with Crippen molar-refractivity contribution in [3.05, 3.63) is 58.8 Å². The lowest BCUT2D eigenvalue weighted by molar-refractivity contribution is -0.128. The predicted octanol–water partition coefficient (Wildman–Crippen LogP) is 3.60. The molecule has 4 aliphatic rings. The number of aromatic nitrogens is 2. The largest absolute Gasteiger partial charge is 0.462 e. The summed E-state index contributed by atoms with van der Waals surface area (Å²) in [5, 5.41) is 9.50. The van der Waals surface area contributed by atoms with E-state index in [4.69, 9.17) is 14.7 Å². The van der Waals surface area contributed by atoms with Crippen LogP contribution in [0.25, 0.3) is 0 Å². The van der Waals surface area contributed by atoms with Gasteiger partial charge in [-0.3, -0.25) is 9.69 Å². The molecule has 2 aliphatic heterocycles. The van der Waals surface area contributed by atoms with Crippen LogP contribution in [0.2, 0.25) is 0 Å². The van der Waals surface area contributed by atoms with E-state index in [0.717, 1.165) is 49.2 Å². The standard InChI is InChI=1S/C32H39FN6O2/c1-4-29(40)39-13-12-38(19-24(39)9-11-34)30-26-8-10-32(15-22-7-5-6-21(2)27(22)16-32)17-28(26)35-31(36-30)41-20-25-14-23(33)18-37(25)3/h4-7,23-25H,1,8-10,12-20H2,2-3H3/t23-,24?,25?,32?/m1/s1. The van der Waals surface area contributed by atoms with Gasteiger partial charge in [0.15, 0.2) is 0 Å². The Hall–Kier alpha value is -3.51. The van der Waals surface area contributed by atoms with Gasteiger partial charge in [0.1, 0.15) is 18.6 Å². The van der Waals surface area contributed by atoms with Crippen LogP contribution in [0.1, 0.15) is 47.2 Å². The Bertz CT molecular complexity index is 1390. The number of ether oxygens (including phenoxy) is 1. The van der Waals surface area contributed by atoms with Gasteiger partial charge in [-0.15, -0.1) is 0 Å². The molecule has 0 bridgehead atoms. The van der Waals surface area contributed by atoms with Crippen molar-refractivity contribution in [1.29, 1.82) is 5.26 Å². The molecule has 9 heteroatoms. The molecule has 3 heterocycles. The van der Waals surface area contributed by atoms with Crippen molar-refractivity contribution in [1.82, 2.24) is 19.8 Å². The molecule has 0 N–H and O–H groups in total. The number of carbonyl (C=O) groups is 1. The first-order chi connectivity index (χ1) is 19.8. The summed E-state index contributed by atoms with van der Waals surface area (Å²) in [7, 11) is 1.93. The highest BCUT2D eigenvalue weighted by atomic mass is 19.1. The molecular formula is C32H39FN6O2. The first-order valence-corrected chi connectivity index (χ1v) is 14.8. The summed E-state index contributed by atoms with van der Waals surface area (Å²) < 4.78 is 20.2. The Balaban J connectivity index is 1.31. The fraction of sp³-hybridized carbons (Fsp3) is 0.562. The average Bonchev–Trinajstić information content (AvgIpc) is 3.49. The van der Waals surface area contributed by atoms with E-state index in [9.17, 15) is 14.4 Å². The highest BCUT2D eigenvalue weighted by molar-refractivity contribution is 5.87. The monoisotopic (exact) mass is 558 g/mol. The molecule has 1 amide bonds. The SMILES string of the molecule is C=CC(=O)N1CCN(c2nc(OCC3C[C@@H](F)CN3C)nc3c2CCC2(Cc4cccc(C)c4C2)C3)CC1CC#N. The van der Waals surface area contributed by atoms with Gasteiger partial charge in [0, 0.05) is 37.8 Å². The Kier molecular flexibility index (Phi) is 7.45. The van der Waals surface area contributed by atoms with Crippen molar-refractivity contribution in [3.63, 3.8) is 0 Å². The lowest BCUT2D eigenvalue weighted by Gasteiger charge is -2.42. The van der Waals surface area contributed by atoms with Crippen molar-refractivity contribution in [3.8, 4) is 12.1 Å². The number of nitriles is 1. The van der Waals surface area contributed by atoms with E-state index >= 15 is 0 Å². The Morgan fingerprint density at radius 2 is 2.07 bits per heavy atom. The Labute approximate surface area is 241 Å². The van der Waals surface area contributed by atoms with Crippen LogP contribution in [-0.4, -0.2) is 83.8 Å². The van der Waals surface area contributed by atoms with Gasteiger partial charge in [-0.05, 0) is 80.7 Å². The fourth-order valence-electron chi connectivity index (χ4n) is 7.49. The molecule has 1 aromatic carbocycles. The van der Waals surface area contributed by atoms with Crippen LogP contribution in [0, 0.1) is 23.7 Å². The van der Waals surface area contributed by atoms with Gasteiger partial charge in [-0.1, -0.05) is 24.8 Å². The predicted molar refractivity (Wildman–Crippen MR) is 155 cm³/mol. The number of likely N-dealkylation sites (N-methyl/N-ethyl adjacent to an activating group) is 1. The second-order valence-corrected chi connectivity index (χ2v) is 12.4. The average molecular weight is 559 g/mol. The maximum absolute atomic E-state index is 14.0. The van der Waals surface area contributed by atoms with E-state index in [0.29, 0.717) is 45.2 Å². The molecule has 6 rings (SSSR count). The zero-order valence-electron chi connectivity index (χ0n) is 24.1. The van der Waals surface area contributed by atoms with E-state index in [1.165, 1.54) is 22.8 Å². The minimum Gasteiger partial charge on any atom is -0.462 e. The number of amides is 1. The van der Waals surface area contributed by atoms with Crippen LogP contribution in [0.4, 0.5) is 10.2 Å². The number of alkyl halides is 1. The first-order valence-electron chi connectivity index (χ1n) is 14.8. The smallest absolute Gasteiger partial charge is 0.318 e. The number of carbonyl (C=O) groups excluding carboxylic acids is 1. The summed E-state index contributed by atoms with van der Waals surface area (Å²) in [5.41, 5.74) is 6.61. The van der Waals surface area contributed by atoms with Crippen molar-refractivity contribution in [2.75, 3.05) is 44.7 Å². The van der Waals surface area contributed by atoms with Crippen LogP contribution in [-0.2, 0) is 30.5 Å². The van der Waals surface area contributed by atoms with E-state index in [-0.39, 0.29) is 29.8 Å². The number of nitrogens with zero attached hydrogens (tertiary/aromatic N) is 6. The molecule has 1 spiro atoms. The lowest BCUT2D eigenvalue weighted by atomic mass is 9.71. The van der Waals surface area contributed by atoms with Gasteiger partial charge < -0.3 is 14.5 Å². The summed E-state index contributed by atoms with van der Waals surface area (Å²) >= 11 is 0. The molecule has 2 fully saturated rings. The number of aryl methyl sites for hydroxylation is 1. The molecule has 0 radical (unpaired) electrons. The summed E-state index contributed by atoms with van der Waals surface area (Å²) in [6, 6.07) is 8.95. The third-order valence-electron chi connectivity index (χ3n) is 9.73. The second-order valence-electron chi connectivity index (χ2n) is 12.4. The number of hydrogen-bond acceptors (Lipinski definition) is 7. The normalized spacial score (nSPS) is 27.4. The van der Waals surface area contributed by atoms with Crippen molar-refractivity contribution in [2.24, 2.45) is 5.41 Å². The fourth-order valence-corrected chi connectivity index (χ4v) is 7.49. The van der Waals surface area contributed by atoms with Gasteiger partial charge >= 0.3 is 6.01 Å². The van der Waals surface area contributed by atoms with Gasteiger partial charge in [-0.25, -0.2) is 4.39 Å². The topological polar surface area (TPSA) is 85.6 Å². The number of fused-ring (bicyclic) bond motifs is 2. The zero-order chi connectivity index (χ0) is 28.7. The van der Waals surface area contributed by atoms with Crippen LogP contribution in [0.5, 0.6) is 6.01 Å². The molecular weight excluding hydrogens is 519 g/mol. The summed E-state index contributed by atoms with van der Waals surface area (Å²) in [6.45, 7) is 8.22. The molecule has 0 saturated carbocycles. The first kappa shape index (κ1) is 27.6. The quantitative estimate of drug-likeness (QED) is 0.501. The van der Waals surface area contributed by atoms with Crippen LogP contribution in [0.3, 0.4) is 0 Å². The van der Waals surface area contributed by atoms with Crippen molar-refractivity contribution >= 4 is 11.7 Å². The van der Waals surface area contributed by atoms with Crippen molar-refractivity contribution in [2.45, 2.75) is 70.1 Å². The Morgan fingerprint density at radius 1 is 1.22 bits per heavy atom. The van der Waals surface area contributed by atoms with Gasteiger partial charge in [-0.2, -0.15) is 15.2 Å². The molecule has 3 unspecified atom stereocenters. The number of anilines is 1. The Morgan fingerprint density at radius 3 is 2.80 bits per heavy atom. The zero-order valence-corrected chi connectivity index (χ0v) is 24.1. The van der Waals surface area contributed by atoms with E-state index < -0.39 is 6.17 Å². The number of likely N-dealkylation sites (tertiary alicyclic amines) is 1. The minimum absolute atomic E-state index is 0.0137. The van der Waals surface area contributed by atoms with Crippen LogP contribution < -0.4 is 9.64 Å². The third-order valence-corrected chi connectivity index (χ3v) is 9.73. The molecule has 216 valence electrons. The number of piperazine rings is 1. The molecule has 41 heavy (non-hydrogen) atoms. The molecule has 8 nitrogen and oxygen atoms in total. The third kappa shape index (κ3) is 5.30. The van der Waals surface area contributed by atoms with E-state index in [1.807, 2.05) is 11.9 Å². The summed E-state index contributed by atoms with van der Waals surface area (Å²) in [6.07, 6.45) is 6.07. The molecule has 2 saturated heterocycles. The van der Waals surface area contributed by atoms with Crippen LogP contribution >= 0.6 is 0 Å². The second kappa shape index (κ2) is 11.1. The molecule has 1 aromatic heterocycles. The van der Waals surface area contributed by atoms with Crippen molar-refractivity contribution < 1.29 is 13.9 Å². The number of rotatable bonds is 6. The van der Waals surface area contributed by atoms with Crippen LogP contribution in [0.15, 0.2) is 30.9 Å². The van der Waals surface area contributed by atoms with E-state index in [2.05, 4.69) is 42.7 Å². The maximum atomic E-state index is 14.0. The summed E-state index contributed by atoms with van der Waals surface area (Å²) in [5.74, 6) is 0.701. The maximum Gasteiger partial charge on any atom is 0.318 e. The highest BCUT2D eigenvalue weighted by Gasteiger charge is 2.43. The van der Waals surface area contributed by atoms with Gasteiger partial charge in [0.05, 0.1) is 24.2 Å². The number of halogens is 1. The number of benzene rings is 1. The highest BCUT2D eigenvalue weighted by Crippen LogP contribution is 2.48. The van der Waals surface area contributed by atoms with Gasteiger partial charge in [0.2, 0.25) is 5.91 Å². The molecule has 2 aromatic rings. The molecule has 4 atom stereocenters. The van der Waals surface area contributed by atoms with E-state index in [1.54, 1.807) is 4.90 Å².